The molecule has 0 unspecified atom stereocenters. The molecule has 3 rings (SSSR count). The second-order valence-corrected chi connectivity index (χ2v) is 7.32. The van der Waals surface area contributed by atoms with E-state index in [0.717, 1.165) is 5.92 Å². The zero-order chi connectivity index (χ0) is 21.6. The highest BCUT2D eigenvalue weighted by Gasteiger charge is 2.38. The quantitative estimate of drug-likeness (QED) is 0.474. The molecule has 1 radical (unpaired) electrons. The highest BCUT2D eigenvalue weighted by atomic mass is 35.5. The van der Waals surface area contributed by atoms with Gasteiger partial charge in [0, 0.05) is 24.6 Å². The number of likely N-dealkylation sites (tertiary alicyclic amines) is 1. The highest BCUT2D eigenvalue weighted by molar-refractivity contribution is 6.42. The Bertz CT molecular complexity index is 909. The van der Waals surface area contributed by atoms with Crippen molar-refractivity contribution in [3.05, 3.63) is 74.6 Å². The second kappa shape index (κ2) is 7.72. The fourth-order valence-electron chi connectivity index (χ4n) is 3.04. The van der Waals surface area contributed by atoms with E-state index in [1.165, 1.54) is 4.90 Å². The van der Waals surface area contributed by atoms with Crippen LogP contribution in [0.5, 0.6) is 0 Å². The number of hydrogen-bond donors (Lipinski definition) is 0. The molecule has 0 aliphatic carbocycles. The molecule has 29 heavy (non-hydrogen) atoms. The van der Waals surface area contributed by atoms with Crippen LogP contribution in [0.3, 0.4) is 0 Å². The van der Waals surface area contributed by atoms with E-state index < -0.39 is 35.0 Å². The predicted molar refractivity (Wildman–Crippen MR) is 95.8 cm³/mol. The first-order chi connectivity index (χ1) is 13.4. The smallest absolute Gasteiger partial charge is 0.338 e. The Kier molecular flexibility index (Phi) is 5.80. The van der Waals surface area contributed by atoms with Crippen molar-refractivity contribution in [2.45, 2.75) is 18.8 Å². The molecule has 0 saturated carbocycles. The molecule has 1 aliphatic heterocycles. The van der Waals surface area contributed by atoms with E-state index in [0.29, 0.717) is 34.2 Å². The summed E-state index contributed by atoms with van der Waals surface area (Å²) in [5.41, 5.74) is -3.01. The molecule has 155 valence electrons. The number of benzene rings is 2. The van der Waals surface area contributed by atoms with Gasteiger partial charge in [0.2, 0.25) is 0 Å². The lowest BCUT2D eigenvalue weighted by Gasteiger charge is -2.19. The van der Waals surface area contributed by atoms with Crippen LogP contribution in [0.2, 0.25) is 10.0 Å². The topological polar surface area (TPSA) is 20.3 Å². The number of carbonyl (C=O) groups excluding carboxylic acids is 1. The maximum atomic E-state index is 13.0. The Morgan fingerprint density at radius 2 is 1.45 bits per heavy atom. The van der Waals surface area contributed by atoms with E-state index in [4.69, 9.17) is 23.2 Å². The maximum Gasteiger partial charge on any atom is 0.416 e. The van der Waals surface area contributed by atoms with Gasteiger partial charge < -0.3 is 4.90 Å². The van der Waals surface area contributed by atoms with E-state index in [1.54, 1.807) is 18.2 Å². The van der Waals surface area contributed by atoms with Gasteiger partial charge in [0.15, 0.2) is 0 Å². The van der Waals surface area contributed by atoms with Crippen LogP contribution in [0, 0.1) is 5.92 Å². The SMILES string of the molecule is O=C(c1cc(C(F)(F)F)cc(C(F)(F)F)c1)N1CC[C](c2ccc(Cl)c(Cl)c2)C1. The van der Waals surface area contributed by atoms with Crippen molar-refractivity contribution in [3.8, 4) is 0 Å². The van der Waals surface area contributed by atoms with Crippen molar-refractivity contribution in [2.24, 2.45) is 0 Å². The molecule has 1 amide bonds. The van der Waals surface area contributed by atoms with E-state index >= 15 is 0 Å². The summed E-state index contributed by atoms with van der Waals surface area (Å²) in [5.74, 6) is -0.128. The minimum Gasteiger partial charge on any atom is -0.338 e. The van der Waals surface area contributed by atoms with Crippen LogP contribution in [0.15, 0.2) is 36.4 Å². The van der Waals surface area contributed by atoms with Gasteiger partial charge in [-0.25, -0.2) is 0 Å². The molecule has 10 heteroatoms. The van der Waals surface area contributed by atoms with Gasteiger partial charge in [-0.1, -0.05) is 29.3 Å². The number of nitrogens with zero attached hydrogens (tertiary/aromatic N) is 1. The third-order valence-electron chi connectivity index (χ3n) is 4.51. The van der Waals surface area contributed by atoms with Crippen LogP contribution in [0.4, 0.5) is 26.3 Å². The molecule has 2 aromatic rings. The first-order valence-corrected chi connectivity index (χ1v) is 9.01. The molecule has 0 bridgehead atoms. The number of carbonyl (C=O) groups is 1. The van der Waals surface area contributed by atoms with Crippen molar-refractivity contribution in [1.82, 2.24) is 4.90 Å². The lowest BCUT2D eigenvalue weighted by molar-refractivity contribution is -0.143. The van der Waals surface area contributed by atoms with Gasteiger partial charge in [-0.15, -0.1) is 0 Å². The largest absolute Gasteiger partial charge is 0.416 e. The zero-order valence-electron chi connectivity index (χ0n) is 14.5. The van der Waals surface area contributed by atoms with Gasteiger partial charge in [0.05, 0.1) is 21.2 Å². The molecule has 1 saturated heterocycles. The third-order valence-corrected chi connectivity index (χ3v) is 5.25. The molecule has 1 heterocycles. The lowest BCUT2D eigenvalue weighted by Crippen LogP contribution is -2.29. The average molecular weight is 455 g/mol. The third kappa shape index (κ3) is 4.80. The molecule has 2 nitrogen and oxygen atoms in total. The number of halogens is 8. The van der Waals surface area contributed by atoms with Crippen molar-refractivity contribution in [2.75, 3.05) is 13.1 Å². The summed E-state index contributed by atoms with van der Waals surface area (Å²) in [6, 6.07) is 5.72. The van der Waals surface area contributed by atoms with Gasteiger partial charge in [-0.2, -0.15) is 26.3 Å². The van der Waals surface area contributed by atoms with Crippen LogP contribution >= 0.6 is 23.2 Å². The highest BCUT2D eigenvalue weighted by Crippen LogP contribution is 2.37. The number of alkyl halides is 6. The standard InChI is InChI=1S/C19H12Cl2F6NO/c20-15-2-1-10(7-16(15)21)11-3-4-28(9-11)17(29)12-5-13(18(22,23)24)8-14(6-12)19(25,26)27/h1-2,5-8H,3-4,9H2. The molecule has 1 fully saturated rings. The minimum atomic E-state index is -5.02. The van der Waals surface area contributed by atoms with Gasteiger partial charge in [-0.3, -0.25) is 4.79 Å². The number of hydrogen-bond acceptors (Lipinski definition) is 1. The average Bonchev–Trinajstić information content (AvgIpc) is 3.11. The van der Waals surface area contributed by atoms with Crippen LogP contribution in [0.1, 0.15) is 33.5 Å². The van der Waals surface area contributed by atoms with E-state index in [9.17, 15) is 31.1 Å². The maximum absolute atomic E-state index is 13.0. The molecule has 0 N–H and O–H groups in total. The summed E-state index contributed by atoms with van der Waals surface area (Å²) in [6.45, 7) is 0.223. The van der Waals surface area contributed by atoms with Crippen molar-refractivity contribution >= 4 is 29.1 Å². The summed E-state index contributed by atoms with van der Waals surface area (Å²) in [4.78, 5) is 13.8. The summed E-state index contributed by atoms with van der Waals surface area (Å²) in [6.07, 6.45) is -9.62. The molecule has 0 atom stereocenters. The number of rotatable bonds is 2. The summed E-state index contributed by atoms with van der Waals surface area (Å²) in [7, 11) is 0. The van der Waals surface area contributed by atoms with Crippen molar-refractivity contribution in [3.63, 3.8) is 0 Å². The Balaban J connectivity index is 1.87. The van der Waals surface area contributed by atoms with Crippen LogP contribution in [-0.4, -0.2) is 23.9 Å². The summed E-state index contributed by atoms with van der Waals surface area (Å²) >= 11 is 11.8. The molecule has 0 aromatic heterocycles. The Morgan fingerprint density at radius 1 is 0.862 bits per heavy atom. The molecule has 2 aromatic carbocycles. The fourth-order valence-corrected chi connectivity index (χ4v) is 3.34. The normalized spacial score (nSPS) is 15.8. The first kappa shape index (κ1) is 21.8. The molecule has 1 aliphatic rings. The van der Waals surface area contributed by atoms with Crippen LogP contribution < -0.4 is 0 Å². The Labute approximate surface area is 172 Å². The summed E-state index contributed by atoms with van der Waals surface area (Å²) < 4.78 is 78.1. The Hall–Kier alpha value is -1.93. The van der Waals surface area contributed by atoms with Gasteiger partial charge >= 0.3 is 12.4 Å². The summed E-state index contributed by atoms with van der Waals surface area (Å²) in [5, 5.41) is 0.639. The van der Waals surface area contributed by atoms with Gasteiger partial charge in [0.1, 0.15) is 0 Å². The van der Waals surface area contributed by atoms with E-state index in [2.05, 4.69) is 0 Å². The minimum absolute atomic E-state index is 0.00593. The van der Waals surface area contributed by atoms with E-state index in [-0.39, 0.29) is 19.2 Å². The lowest BCUT2D eigenvalue weighted by atomic mass is 9.98. The van der Waals surface area contributed by atoms with Gasteiger partial charge in [-0.05, 0) is 42.3 Å². The monoisotopic (exact) mass is 454 g/mol. The second-order valence-electron chi connectivity index (χ2n) is 6.50. The van der Waals surface area contributed by atoms with E-state index in [1.807, 2.05) is 0 Å². The van der Waals surface area contributed by atoms with Crippen molar-refractivity contribution in [1.29, 1.82) is 0 Å². The van der Waals surface area contributed by atoms with Crippen molar-refractivity contribution < 1.29 is 31.1 Å². The Morgan fingerprint density at radius 3 is 1.97 bits per heavy atom. The predicted octanol–water partition coefficient (Wildman–Crippen LogP) is 6.50. The first-order valence-electron chi connectivity index (χ1n) is 8.25. The molecule has 0 spiro atoms. The fraction of sp³-hybridized carbons (Fsp3) is 0.263. The zero-order valence-corrected chi connectivity index (χ0v) is 16.0. The van der Waals surface area contributed by atoms with Crippen LogP contribution in [-0.2, 0) is 12.4 Å². The molecular weight excluding hydrogens is 443 g/mol. The number of amides is 1. The molecular formula is C19H12Cl2F6NO. The van der Waals surface area contributed by atoms with Gasteiger partial charge in [0.25, 0.3) is 5.91 Å². The van der Waals surface area contributed by atoms with Crippen LogP contribution in [0.25, 0.3) is 0 Å².